The standard InChI is InChI=1S/C11H22N2S/c1-11(5-4-8-14-11)10(9-12)13-6-2-3-7-13/h10H,2-9,12H2,1H3. The van der Waals surface area contributed by atoms with Crippen LogP contribution in [0.3, 0.4) is 0 Å². The van der Waals surface area contributed by atoms with Crippen LogP contribution in [0, 0.1) is 0 Å². The smallest absolute Gasteiger partial charge is 0.0362 e. The molecule has 2 unspecified atom stereocenters. The Hall–Kier alpha value is 0.270. The fraction of sp³-hybridized carbons (Fsp3) is 1.00. The molecule has 0 aromatic carbocycles. The Labute approximate surface area is 91.6 Å². The third-order valence-corrected chi connectivity index (χ3v) is 5.39. The third kappa shape index (κ3) is 1.95. The lowest BCUT2D eigenvalue weighted by atomic mass is 9.95. The van der Waals surface area contributed by atoms with Crippen LogP contribution in [-0.2, 0) is 0 Å². The molecule has 0 aromatic heterocycles. The SMILES string of the molecule is CC1(C(CN)N2CCCC2)CCCS1. The molecule has 2 aliphatic rings. The van der Waals surface area contributed by atoms with Gasteiger partial charge in [0.15, 0.2) is 0 Å². The summed E-state index contributed by atoms with van der Waals surface area (Å²) in [7, 11) is 0. The zero-order chi connectivity index (χ0) is 10.0. The minimum absolute atomic E-state index is 0.444. The molecular weight excluding hydrogens is 192 g/mol. The number of thioether (sulfide) groups is 1. The van der Waals surface area contributed by atoms with Gasteiger partial charge in [-0.1, -0.05) is 0 Å². The highest BCUT2D eigenvalue weighted by molar-refractivity contribution is 8.00. The van der Waals surface area contributed by atoms with Gasteiger partial charge in [-0.2, -0.15) is 11.8 Å². The van der Waals surface area contributed by atoms with Gasteiger partial charge in [0.05, 0.1) is 0 Å². The van der Waals surface area contributed by atoms with Crippen molar-refractivity contribution in [3.8, 4) is 0 Å². The molecule has 0 saturated carbocycles. The van der Waals surface area contributed by atoms with Crippen LogP contribution in [-0.4, -0.2) is 41.1 Å². The van der Waals surface area contributed by atoms with Crippen molar-refractivity contribution >= 4 is 11.8 Å². The van der Waals surface area contributed by atoms with E-state index >= 15 is 0 Å². The normalized spacial score (nSPS) is 36.4. The van der Waals surface area contributed by atoms with Crippen LogP contribution in [0.2, 0.25) is 0 Å². The van der Waals surface area contributed by atoms with Gasteiger partial charge in [0.1, 0.15) is 0 Å². The van der Waals surface area contributed by atoms with Gasteiger partial charge in [-0.05, 0) is 51.4 Å². The molecule has 2 heterocycles. The summed E-state index contributed by atoms with van der Waals surface area (Å²) in [6, 6.07) is 0.623. The quantitative estimate of drug-likeness (QED) is 0.775. The topological polar surface area (TPSA) is 29.3 Å². The maximum atomic E-state index is 5.96. The second-order valence-electron chi connectivity index (χ2n) is 4.76. The molecule has 3 heteroatoms. The lowest BCUT2D eigenvalue weighted by Crippen LogP contribution is -2.51. The first-order valence-electron chi connectivity index (χ1n) is 5.84. The van der Waals surface area contributed by atoms with Crippen LogP contribution < -0.4 is 5.73 Å². The molecule has 2 fully saturated rings. The third-order valence-electron chi connectivity index (χ3n) is 3.76. The summed E-state index contributed by atoms with van der Waals surface area (Å²) in [6.45, 7) is 5.81. The Bertz CT molecular complexity index is 184. The van der Waals surface area contributed by atoms with Crippen LogP contribution in [0.15, 0.2) is 0 Å². The van der Waals surface area contributed by atoms with Gasteiger partial charge >= 0.3 is 0 Å². The summed E-state index contributed by atoms with van der Waals surface area (Å²) < 4.78 is 0.444. The molecule has 0 radical (unpaired) electrons. The molecule has 0 aromatic rings. The van der Waals surface area contributed by atoms with E-state index in [-0.39, 0.29) is 0 Å². The second kappa shape index (κ2) is 4.42. The number of nitrogens with two attached hydrogens (primary N) is 1. The highest BCUT2D eigenvalue weighted by Gasteiger charge is 2.40. The Morgan fingerprint density at radius 3 is 2.57 bits per heavy atom. The molecule has 14 heavy (non-hydrogen) atoms. The first kappa shape index (κ1) is 10.8. The molecule has 0 aliphatic carbocycles. The number of likely N-dealkylation sites (tertiary alicyclic amines) is 1. The lowest BCUT2D eigenvalue weighted by Gasteiger charge is -2.39. The van der Waals surface area contributed by atoms with E-state index in [0.29, 0.717) is 10.8 Å². The van der Waals surface area contributed by atoms with Crippen LogP contribution >= 0.6 is 11.8 Å². The molecule has 2 nitrogen and oxygen atoms in total. The van der Waals surface area contributed by atoms with Crippen molar-refractivity contribution in [2.24, 2.45) is 5.73 Å². The zero-order valence-corrected chi connectivity index (χ0v) is 9.98. The monoisotopic (exact) mass is 214 g/mol. The van der Waals surface area contributed by atoms with Gasteiger partial charge in [-0.3, -0.25) is 4.90 Å². The van der Waals surface area contributed by atoms with Gasteiger partial charge in [0, 0.05) is 17.3 Å². The summed E-state index contributed by atoms with van der Waals surface area (Å²) in [6.07, 6.45) is 5.48. The highest BCUT2D eigenvalue weighted by atomic mass is 32.2. The van der Waals surface area contributed by atoms with E-state index in [4.69, 9.17) is 5.73 Å². The molecule has 2 rings (SSSR count). The van der Waals surface area contributed by atoms with E-state index in [1.54, 1.807) is 0 Å². The fourth-order valence-electron chi connectivity index (χ4n) is 2.90. The number of rotatable bonds is 3. The van der Waals surface area contributed by atoms with Crippen LogP contribution in [0.1, 0.15) is 32.6 Å². The fourth-order valence-corrected chi connectivity index (χ4v) is 4.38. The Morgan fingerprint density at radius 2 is 2.07 bits per heavy atom. The van der Waals surface area contributed by atoms with Gasteiger partial charge in [0.2, 0.25) is 0 Å². The minimum atomic E-state index is 0.444. The molecule has 2 atom stereocenters. The summed E-state index contributed by atoms with van der Waals surface area (Å²) in [5, 5.41) is 0. The lowest BCUT2D eigenvalue weighted by molar-refractivity contribution is 0.204. The van der Waals surface area contributed by atoms with Crippen LogP contribution in [0.5, 0.6) is 0 Å². The first-order valence-corrected chi connectivity index (χ1v) is 6.83. The molecule has 0 spiro atoms. The van der Waals surface area contributed by atoms with E-state index in [9.17, 15) is 0 Å². The Morgan fingerprint density at radius 1 is 1.36 bits per heavy atom. The van der Waals surface area contributed by atoms with Crippen molar-refractivity contribution in [3.63, 3.8) is 0 Å². The van der Waals surface area contributed by atoms with E-state index in [1.807, 2.05) is 0 Å². The van der Waals surface area contributed by atoms with Crippen molar-refractivity contribution in [3.05, 3.63) is 0 Å². The van der Waals surface area contributed by atoms with Gasteiger partial charge in [-0.15, -0.1) is 0 Å². The van der Waals surface area contributed by atoms with Crippen LogP contribution in [0.25, 0.3) is 0 Å². The van der Waals surface area contributed by atoms with Crippen molar-refractivity contribution in [2.45, 2.75) is 43.4 Å². The highest BCUT2D eigenvalue weighted by Crippen LogP contribution is 2.42. The largest absolute Gasteiger partial charge is 0.329 e. The number of hydrogen-bond donors (Lipinski definition) is 1. The van der Waals surface area contributed by atoms with E-state index in [1.165, 1.54) is 44.5 Å². The van der Waals surface area contributed by atoms with Gasteiger partial charge in [-0.25, -0.2) is 0 Å². The Kier molecular flexibility index (Phi) is 3.40. The van der Waals surface area contributed by atoms with Crippen molar-refractivity contribution in [2.75, 3.05) is 25.4 Å². The van der Waals surface area contributed by atoms with E-state index in [2.05, 4.69) is 23.6 Å². The van der Waals surface area contributed by atoms with Crippen LogP contribution in [0.4, 0.5) is 0 Å². The summed E-state index contributed by atoms with van der Waals surface area (Å²) >= 11 is 2.14. The maximum absolute atomic E-state index is 5.96. The maximum Gasteiger partial charge on any atom is 0.0362 e. The molecule has 0 amide bonds. The van der Waals surface area contributed by atoms with Gasteiger partial charge < -0.3 is 5.73 Å². The average molecular weight is 214 g/mol. The van der Waals surface area contributed by atoms with Crippen molar-refractivity contribution in [1.82, 2.24) is 4.90 Å². The zero-order valence-electron chi connectivity index (χ0n) is 9.17. The molecule has 2 saturated heterocycles. The number of nitrogens with zero attached hydrogens (tertiary/aromatic N) is 1. The minimum Gasteiger partial charge on any atom is -0.329 e. The van der Waals surface area contributed by atoms with E-state index < -0.39 is 0 Å². The molecule has 2 N–H and O–H groups in total. The molecule has 2 aliphatic heterocycles. The van der Waals surface area contributed by atoms with Gasteiger partial charge in [0.25, 0.3) is 0 Å². The molecule has 82 valence electrons. The second-order valence-corrected chi connectivity index (χ2v) is 6.39. The molecular formula is C11H22N2S. The van der Waals surface area contributed by atoms with E-state index in [0.717, 1.165) is 6.54 Å². The summed E-state index contributed by atoms with van der Waals surface area (Å²) in [5.74, 6) is 1.33. The summed E-state index contributed by atoms with van der Waals surface area (Å²) in [4.78, 5) is 2.62. The predicted octanol–water partition coefficient (Wildman–Crippen LogP) is 1.70. The summed E-state index contributed by atoms with van der Waals surface area (Å²) in [5.41, 5.74) is 5.96. The first-order chi connectivity index (χ1) is 6.76. The predicted molar refractivity (Wildman–Crippen MR) is 63.7 cm³/mol. The van der Waals surface area contributed by atoms with Crippen molar-refractivity contribution in [1.29, 1.82) is 0 Å². The van der Waals surface area contributed by atoms with Crippen molar-refractivity contribution < 1.29 is 0 Å². The average Bonchev–Trinajstić information content (AvgIpc) is 2.78. The Balaban J connectivity index is 2.03. The molecule has 0 bridgehead atoms. The number of hydrogen-bond acceptors (Lipinski definition) is 3.